The van der Waals surface area contributed by atoms with E-state index in [4.69, 9.17) is 73.3 Å². The van der Waals surface area contributed by atoms with Crippen LogP contribution in [0, 0.1) is 264 Å². The van der Waals surface area contributed by atoms with Gasteiger partial charge in [0, 0.05) is 264 Å². The first-order chi connectivity index (χ1) is 32.4. The van der Waals surface area contributed by atoms with Crippen LogP contribution in [-0.2, 0) is 42.6 Å². The molecule has 0 aromatic heterocycles. The smallest absolute Gasteiger partial charge is 0.189 e. The predicted molar refractivity (Wildman–Crippen MR) is 206 cm³/mol. The van der Waals surface area contributed by atoms with E-state index in [1.165, 1.54) is 0 Å². The minimum Gasteiger partial charge on any atom is -0.394 e. The van der Waals surface area contributed by atoms with Crippen LogP contribution in [0.25, 0.3) is 0 Å². The van der Waals surface area contributed by atoms with Crippen molar-refractivity contribution in [2.75, 3.05) is 39.6 Å². The van der Waals surface area contributed by atoms with Gasteiger partial charge in [-0.05, 0) is 0 Å². The van der Waals surface area contributed by atoms with Gasteiger partial charge in [-0.25, -0.2) is 0 Å². The average molecular weight is 1310 g/mol. The van der Waals surface area contributed by atoms with E-state index in [9.17, 15) is 91.9 Å². The summed E-state index contributed by atoms with van der Waals surface area (Å²) in [6.45, 7) is -4.00. The molecule has 0 radical (unpaired) electrons. The Kier molecular flexibility index (Phi) is 51.2. The van der Waals surface area contributed by atoms with Crippen LogP contribution in [0.1, 0.15) is 0 Å². The minimum absolute atomic E-state index is 0. The molecule has 0 bridgehead atoms. The summed E-state index contributed by atoms with van der Waals surface area (Å²) in [6, 6.07) is 0. The molecular formula is C36H66Ar7O33. The van der Waals surface area contributed by atoms with Gasteiger partial charge in [-0.2, -0.15) is 0 Å². The zero-order valence-corrected chi connectivity index (χ0v) is 43.4. The Morgan fingerprint density at radius 2 is 0.289 bits per heavy atom. The van der Waals surface area contributed by atoms with Crippen molar-refractivity contribution in [3.63, 3.8) is 0 Å². The molecule has 33 nitrogen and oxygen atoms in total. The Balaban J connectivity index is -0.000000489. The van der Waals surface area contributed by atoms with Crippen molar-refractivity contribution in [1.82, 2.24) is 0 Å². The van der Waals surface area contributed by atoms with Gasteiger partial charge < -0.3 is 165 Å². The fourth-order valence-electron chi connectivity index (χ4n) is 7.48. The Bertz CT molecular complexity index is 1230. The molecule has 0 saturated carbocycles. The monoisotopic (exact) mass is 1310 g/mol. The number of hydrogen-bond donors (Lipinski definition) is 24. The van der Waals surface area contributed by atoms with E-state index in [2.05, 4.69) is 0 Å². The second kappa shape index (κ2) is 43.3. The van der Waals surface area contributed by atoms with Crippen LogP contribution in [0.2, 0.25) is 0 Å². The molecule has 464 valence electrons. The Morgan fingerprint density at radius 3 is 0.382 bits per heavy atom. The third kappa shape index (κ3) is 23.0. The van der Waals surface area contributed by atoms with Crippen molar-refractivity contribution >= 4 is 0 Å². The summed E-state index contributed by atoms with van der Waals surface area (Å²) in [7, 11) is 0. The molecule has 0 aliphatic carbocycles. The number of ether oxygens (including phenoxy) is 9. The topological polar surface area (TPSA) is 569 Å². The first-order valence-electron chi connectivity index (χ1n) is 21.2. The van der Waals surface area contributed by atoms with Crippen LogP contribution in [0.4, 0.5) is 0 Å². The van der Waals surface area contributed by atoms with Gasteiger partial charge in [-0.3, -0.25) is 0 Å². The van der Waals surface area contributed by atoms with E-state index in [-0.39, 0.29) is 264 Å². The molecule has 6 heterocycles. The third-order valence-corrected chi connectivity index (χ3v) is 11.9. The van der Waals surface area contributed by atoms with Crippen LogP contribution in [0.5, 0.6) is 0 Å². The minimum atomic E-state index is -1.72. The average Bonchev–Trinajstić information content (AvgIpc) is 3.34. The van der Waals surface area contributed by atoms with E-state index < -0.39 is 224 Å². The van der Waals surface area contributed by atoms with Gasteiger partial charge in [0.2, 0.25) is 0 Å². The van der Waals surface area contributed by atoms with Crippen molar-refractivity contribution < 1.29 is 429 Å². The van der Waals surface area contributed by atoms with E-state index in [0.717, 1.165) is 0 Å². The van der Waals surface area contributed by atoms with Crippen LogP contribution in [-0.4, -0.2) is 346 Å². The van der Waals surface area contributed by atoms with E-state index in [1.807, 2.05) is 0 Å². The van der Waals surface area contributed by atoms with Gasteiger partial charge in [-0.1, -0.05) is 0 Å². The number of rotatable bonds is 12. The number of aliphatic hydroxyl groups excluding tert-OH is 24. The molecular weight excluding hydrogens is 1240 g/mol. The summed E-state index contributed by atoms with van der Waals surface area (Å²) in [5.74, 6) is 0. The van der Waals surface area contributed by atoms with Crippen molar-refractivity contribution in [2.45, 2.75) is 184 Å². The molecule has 0 spiro atoms. The maximum absolute atomic E-state index is 9.84. The second-order valence-electron chi connectivity index (χ2n) is 16.6. The predicted octanol–water partition coefficient (Wildman–Crippen LogP) is -16.2. The van der Waals surface area contributed by atoms with Crippen LogP contribution in [0.3, 0.4) is 0 Å². The molecule has 0 aromatic carbocycles. The zero-order chi connectivity index (χ0) is 51.9. The summed E-state index contributed by atoms with van der Waals surface area (Å²) in [4.78, 5) is 0. The van der Waals surface area contributed by atoms with E-state index in [0.29, 0.717) is 0 Å². The molecule has 6 fully saturated rings. The van der Waals surface area contributed by atoms with E-state index in [1.54, 1.807) is 0 Å². The molecule has 6 aliphatic rings. The fraction of sp³-hybridized carbons (Fsp3) is 1.00. The maximum atomic E-state index is 9.84. The van der Waals surface area contributed by atoms with Crippen LogP contribution < -0.4 is 0 Å². The van der Waals surface area contributed by atoms with Gasteiger partial charge in [0.25, 0.3) is 0 Å². The van der Waals surface area contributed by atoms with Gasteiger partial charge in [-0.15, -0.1) is 0 Å². The zero-order valence-electron chi connectivity index (χ0n) is 38.4. The van der Waals surface area contributed by atoms with Crippen molar-refractivity contribution in [3.8, 4) is 0 Å². The molecule has 0 aromatic rings. The van der Waals surface area contributed by atoms with Crippen molar-refractivity contribution in [2.24, 2.45) is 0 Å². The molecule has 24 N–H and O–H groups in total. The molecule has 76 heavy (non-hydrogen) atoms. The fourth-order valence-corrected chi connectivity index (χ4v) is 7.48. The Morgan fingerprint density at radius 1 is 0.184 bits per heavy atom. The summed E-state index contributed by atoms with van der Waals surface area (Å²) < 4.78 is 45.9. The Labute approximate surface area is 641 Å². The molecule has 40 heteroatoms. The van der Waals surface area contributed by atoms with Crippen molar-refractivity contribution in [3.05, 3.63) is 0 Å². The Hall–Kier alpha value is 7.50. The first kappa shape index (κ1) is 89.9. The van der Waals surface area contributed by atoms with E-state index >= 15 is 0 Å². The summed E-state index contributed by atoms with van der Waals surface area (Å²) in [5, 5.41) is 229. The third-order valence-electron chi connectivity index (χ3n) is 11.9. The summed E-state index contributed by atoms with van der Waals surface area (Å²) >= 11 is 0. The molecule has 30 atom stereocenters. The SMILES string of the molecule is OC[C@H]1O[C@H](O[C@H]2O[C@H](CO)[C@@H](O)[C@H](O)[C@H]2O)[C@H](O)[C@@H](O)[C@@H]1O.OC[C@H]1O[C@H](O[C@H]2O[C@H](CO)[C@@H](O)[C@H](O)[C@H]2O)[C@H](O)[C@@H](O)[C@@H]1O.OC[C@H]1O[C@H](O[C@H]2O[C@H](CO)[C@@H](O)[C@H](O)[C@H]2O)[C@H](O)[C@@H](O)[C@@H]1O.[Ar].[Ar].[Ar].[Ar].[Ar].[Ar].[Ar]. The van der Waals surface area contributed by atoms with Crippen LogP contribution >= 0.6 is 0 Å². The second-order valence-corrected chi connectivity index (χ2v) is 16.6. The maximum Gasteiger partial charge on any atom is 0.189 e. The molecule has 6 rings (SSSR count). The molecule has 6 saturated heterocycles. The van der Waals surface area contributed by atoms with Gasteiger partial charge in [0.15, 0.2) is 37.7 Å². The summed E-state index contributed by atoms with van der Waals surface area (Å²) in [5.41, 5.74) is 0. The molecule has 0 amide bonds. The first-order valence-corrected chi connectivity index (χ1v) is 21.2. The number of hydrogen-bond acceptors (Lipinski definition) is 33. The largest absolute Gasteiger partial charge is 0.394 e. The van der Waals surface area contributed by atoms with Crippen molar-refractivity contribution in [1.29, 1.82) is 0 Å². The molecule has 0 unspecified atom stereocenters. The number of aliphatic hydroxyl groups is 24. The van der Waals surface area contributed by atoms with Gasteiger partial charge in [0.1, 0.15) is 146 Å². The quantitative estimate of drug-likeness (QED) is 0.0863. The van der Waals surface area contributed by atoms with Gasteiger partial charge in [0.05, 0.1) is 39.6 Å². The normalized spacial score (nSPS) is 46.9. The standard InChI is InChI=1S/3C12H22O11.7Ar/c3*13-1-3-5(15)7(17)9(19)11(21-3)23-12-10(20)8(18)6(16)4(2-14)22-12;;;;;;;/h3*3-20H,1-2H2;;;;;;;/t3*3-,4-,5-,6-,7+,8+,9-,10-,11-,12-;;;;;;;/m111......./s1. The van der Waals surface area contributed by atoms with Crippen LogP contribution in [0.15, 0.2) is 0 Å². The summed E-state index contributed by atoms with van der Waals surface area (Å²) in [6.07, 6.45) is -46.8. The molecule has 6 aliphatic heterocycles. The van der Waals surface area contributed by atoms with Gasteiger partial charge >= 0.3 is 0 Å².